The zero-order chi connectivity index (χ0) is 11.5. The lowest BCUT2D eigenvalue weighted by Gasteiger charge is -2.20. The van der Waals surface area contributed by atoms with Gasteiger partial charge in [-0.2, -0.15) is 0 Å². The molecule has 1 aliphatic heterocycles. The number of halogens is 1. The van der Waals surface area contributed by atoms with Crippen LogP contribution >= 0.6 is 0 Å². The molecule has 4 N–H and O–H groups in total. The summed E-state index contributed by atoms with van der Waals surface area (Å²) in [6.45, 7) is 0. The van der Waals surface area contributed by atoms with E-state index >= 15 is 0 Å². The van der Waals surface area contributed by atoms with Crippen molar-refractivity contribution in [2.24, 2.45) is 11.6 Å². The largest absolute Gasteiger partial charge is 0.397 e. The first kappa shape index (κ1) is 10.4. The van der Waals surface area contributed by atoms with Gasteiger partial charge in [-0.25, -0.2) is 10.2 Å². The standard InChI is InChI=1S/C12H12FN3/c13-10-6-7-11(16(15)8-10)12(14)9-4-2-1-3-5-9/h1-8H,14-15H2/b12-11-. The number of nitrogens with zero attached hydrogens (tertiary/aromatic N) is 1. The molecule has 0 saturated heterocycles. The highest BCUT2D eigenvalue weighted by atomic mass is 19.1. The summed E-state index contributed by atoms with van der Waals surface area (Å²) in [5, 5.41) is 1.18. The molecule has 0 radical (unpaired) electrons. The second kappa shape index (κ2) is 4.20. The third kappa shape index (κ3) is 1.97. The summed E-state index contributed by atoms with van der Waals surface area (Å²) in [4.78, 5) is 0. The van der Waals surface area contributed by atoms with Crippen molar-refractivity contribution in [3.63, 3.8) is 0 Å². The first-order valence-electron chi connectivity index (χ1n) is 4.83. The molecule has 0 bridgehead atoms. The molecule has 1 aliphatic rings. The molecule has 16 heavy (non-hydrogen) atoms. The molecule has 0 amide bonds. The topological polar surface area (TPSA) is 55.3 Å². The minimum absolute atomic E-state index is 0.396. The third-order valence-corrected chi connectivity index (χ3v) is 2.30. The number of hydrogen-bond donors (Lipinski definition) is 2. The zero-order valence-corrected chi connectivity index (χ0v) is 8.60. The fourth-order valence-electron chi connectivity index (χ4n) is 1.48. The molecule has 4 heteroatoms. The van der Waals surface area contributed by atoms with Crippen molar-refractivity contribution in [2.75, 3.05) is 0 Å². The normalized spacial score (nSPS) is 18.4. The van der Waals surface area contributed by atoms with Crippen LogP contribution in [0.5, 0.6) is 0 Å². The average Bonchev–Trinajstić information content (AvgIpc) is 2.29. The molecule has 0 aromatic heterocycles. The second-order valence-electron chi connectivity index (χ2n) is 3.42. The van der Waals surface area contributed by atoms with Crippen molar-refractivity contribution in [3.8, 4) is 0 Å². The quantitative estimate of drug-likeness (QED) is 0.706. The molecule has 0 aliphatic carbocycles. The highest BCUT2D eigenvalue weighted by Crippen LogP contribution is 2.20. The summed E-state index contributed by atoms with van der Waals surface area (Å²) in [6, 6.07) is 9.41. The maximum atomic E-state index is 12.9. The van der Waals surface area contributed by atoms with Crippen LogP contribution in [-0.4, -0.2) is 5.01 Å². The van der Waals surface area contributed by atoms with Gasteiger partial charge in [0.25, 0.3) is 0 Å². The van der Waals surface area contributed by atoms with Crippen LogP contribution in [0.15, 0.2) is 60.2 Å². The predicted octanol–water partition coefficient (Wildman–Crippen LogP) is 1.87. The van der Waals surface area contributed by atoms with Crippen LogP contribution in [0.1, 0.15) is 5.56 Å². The monoisotopic (exact) mass is 217 g/mol. The van der Waals surface area contributed by atoms with E-state index in [4.69, 9.17) is 11.6 Å². The van der Waals surface area contributed by atoms with Crippen LogP contribution < -0.4 is 11.6 Å². The van der Waals surface area contributed by atoms with E-state index < -0.39 is 5.83 Å². The fraction of sp³-hybridized carbons (Fsp3) is 0. The molecular weight excluding hydrogens is 205 g/mol. The van der Waals surface area contributed by atoms with Crippen LogP contribution in [0.2, 0.25) is 0 Å². The van der Waals surface area contributed by atoms with Gasteiger partial charge in [0.1, 0.15) is 5.83 Å². The van der Waals surface area contributed by atoms with Gasteiger partial charge in [-0.1, -0.05) is 30.3 Å². The summed E-state index contributed by atoms with van der Waals surface area (Å²) in [7, 11) is 0. The Morgan fingerprint density at radius 3 is 2.44 bits per heavy atom. The molecule has 0 atom stereocenters. The molecule has 0 unspecified atom stereocenters. The van der Waals surface area contributed by atoms with Crippen molar-refractivity contribution in [2.45, 2.75) is 0 Å². The summed E-state index contributed by atoms with van der Waals surface area (Å²) in [5.74, 6) is 5.24. The molecule has 0 spiro atoms. The van der Waals surface area contributed by atoms with Gasteiger partial charge < -0.3 is 5.73 Å². The van der Waals surface area contributed by atoms with Gasteiger partial charge in [-0.3, -0.25) is 5.01 Å². The van der Waals surface area contributed by atoms with Gasteiger partial charge >= 0.3 is 0 Å². The predicted molar refractivity (Wildman–Crippen MR) is 61.9 cm³/mol. The fourth-order valence-corrected chi connectivity index (χ4v) is 1.48. The van der Waals surface area contributed by atoms with E-state index in [0.29, 0.717) is 11.4 Å². The maximum absolute atomic E-state index is 12.9. The molecule has 1 heterocycles. The lowest BCUT2D eigenvalue weighted by atomic mass is 10.1. The van der Waals surface area contributed by atoms with E-state index in [-0.39, 0.29) is 0 Å². The van der Waals surface area contributed by atoms with Crippen LogP contribution in [0.3, 0.4) is 0 Å². The average molecular weight is 217 g/mol. The summed E-state index contributed by atoms with van der Waals surface area (Å²) < 4.78 is 12.9. The number of hydrogen-bond acceptors (Lipinski definition) is 3. The van der Waals surface area contributed by atoms with Crippen molar-refractivity contribution in [1.29, 1.82) is 0 Å². The zero-order valence-electron chi connectivity index (χ0n) is 8.60. The third-order valence-electron chi connectivity index (χ3n) is 2.30. The van der Waals surface area contributed by atoms with Gasteiger partial charge in [0.15, 0.2) is 0 Å². The smallest absolute Gasteiger partial charge is 0.141 e. The number of hydrazine groups is 1. The first-order valence-corrected chi connectivity index (χ1v) is 4.83. The van der Waals surface area contributed by atoms with Crippen LogP contribution in [0.4, 0.5) is 4.39 Å². The Hall–Kier alpha value is -2.07. The van der Waals surface area contributed by atoms with E-state index in [1.54, 1.807) is 6.08 Å². The van der Waals surface area contributed by atoms with Gasteiger partial charge in [-0.15, -0.1) is 0 Å². The second-order valence-corrected chi connectivity index (χ2v) is 3.42. The van der Waals surface area contributed by atoms with Crippen LogP contribution in [-0.2, 0) is 0 Å². The Balaban J connectivity index is 2.40. The van der Waals surface area contributed by atoms with E-state index in [1.807, 2.05) is 30.3 Å². The van der Waals surface area contributed by atoms with Crippen molar-refractivity contribution >= 4 is 5.70 Å². The number of benzene rings is 1. The van der Waals surface area contributed by atoms with Crippen LogP contribution in [0, 0.1) is 0 Å². The van der Waals surface area contributed by atoms with E-state index in [0.717, 1.165) is 5.56 Å². The molecule has 2 rings (SSSR count). The molecule has 1 aromatic rings. The number of allylic oxidation sites excluding steroid dienone is 3. The Bertz CT molecular complexity index is 474. The Kier molecular flexibility index (Phi) is 2.74. The number of nitrogens with two attached hydrogens (primary N) is 2. The first-order chi connectivity index (χ1) is 7.68. The Labute approximate surface area is 93.1 Å². The molecule has 1 aromatic carbocycles. The Morgan fingerprint density at radius 1 is 1.12 bits per heavy atom. The molecule has 82 valence electrons. The molecule has 3 nitrogen and oxygen atoms in total. The SMILES string of the molecule is N/C(=C1/C=CC(F)=CN1N)c1ccccc1. The summed E-state index contributed by atoms with van der Waals surface area (Å²) in [5.41, 5.74) is 7.91. The van der Waals surface area contributed by atoms with Gasteiger partial charge in [0.05, 0.1) is 17.6 Å². The van der Waals surface area contributed by atoms with Crippen molar-refractivity contribution < 1.29 is 4.39 Å². The van der Waals surface area contributed by atoms with Crippen molar-refractivity contribution in [1.82, 2.24) is 5.01 Å². The van der Waals surface area contributed by atoms with Gasteiger partial charge in [-0.05, 0) is 17.7 Å². The van der Waals surface area contributed by atoms with Gasteiger partial charge in [0.2, 0.25) is 0 Å². The number of rotatable bonds is 1. The summed E-state index contributed by atoms with van der Waals surface area (Å²) >= 11 is 0. The van der Waals surface area contributed by atoms with Crippen LogP contribution in [0.25, 0.3) is 5.70 Å². The lowest BCUT2D eigenvalue weighted by Crippen LogP contribution is -2.27. The Morgan fingerprint density at radius 2 is 1.81 bits per heavy atom. The summed E-state index contributed by atoms with van der Waals surface area (Å²) in [6.07, 6.45) is 4.07. The van der Waals surface area contributed by atoms with Gasteiger partial charge in [0, 0.05) is 0 Å². The minimum atomic E-state index is -0.396. The van der Waals surface area contributed by atoms with E-state index in [2.05, 4.69) is 0 Å². The highest BCUT2D eigenvalue weighted by Gasteiger charge is 2.11. The lowest BCUT2D eigenvalue weighted by molar-refractivity contribution is 0.478. The molecule has 0 saturated carbocycles. The van der Waals surface area contributed by atoms with Crippen molar-refractivity contribution in [3.05, 3.63) is 65.8 Å². The minimum Gasteiger partial charge on any atom is -0.397 e. The molecule has 0 fully saturated rings. The van der Waals surface area contributed by atoms with E-state index in [9.17, 15) is 4.39 Å². The highest BCUT2D eigenvalue weighted by molar-refractivity contribution is 5.68. The maximum Gasteiger partial charge on any atom is 0.141 e. The van der Waals surface area contributed by atoms with E-state index in [1.165, 1.54) is 17.3 Å². The molecular formula is C12H12FN3.